The number of aryl methyl sites for hydroxylation is 1. The van der Waals surface area contributed by atoms with Crippen molar-refractivity contribution in [2.45, 2.75) is 13.0 Å². The normalized spacial score (nSPS) is 16.7. The van der Waals surface area contributed by atoms with Gasteiger partial charge in [-0.1, -0.05) is 0 Å². The van der Waals surface area contributed by atoms with Crippen LogP contribution in [0.25, 0.3) is 0 Å². The lowest BCUT2D eigenvalue weighted by atomic mass is 10.2. The zero-order chi connectivity index (χ0) is 9.26. The summed E-state index contributed by atoms with van der Waals surface area (Å²) in [7, 11) is 0. The molecule has 5 nitrogen and oxygen atoms in total. The van der Waals surface area contributed by atoms with Gasteiger partial charge < -0.3 is 10.1 Å². The Morgan fingerprint density at radius 2 is 2.54 bits per heavy atom. The van der Waals surface area contributed by atoms with Crippen molar-refractivity contribution in [1.82, 2.24) is 15.5 Å². The van der Waals surface area contributed by atoms with E-state index in [2.05, 4.69) is 15.5 Å². The number of rotatable bonds is 2. The average molecular weight is 181 g/mol. The van der Waals surface area contributed by atoms with E-state index in [0.717, 1.165) is 5.69 Å². The van der Waals surface area contributed by atoms with Crippen molar-refractivity contribution in [3.05, 3.63) is 17.5 Å². The molecule has 1 saturated heterocycles. The van der Waals surface area contributed by atoms with E-state index in [-0.39, 0.29) is 11.9 Å². The van der Waals surface area contributed by atoms with Crippen LogP contribution in [-0.4, -0.2) is 35.4 Å². The van der Waals surface area contributed by atoms with E-state index in [1.807, 2.05) is 6.92 Å². The maximum atomic E-state index is 11.5. The number of aromatic amines is 1. The van der Waals surface area contributed by atoms with Crippen molar-refractivity contribution < 1.29 is 9.53 Å². The molecule has 0 aromatic carbocycles. The van der Waals surface area contributed by atoms with Crippen LogP contribution in [0.4, 0.5) is 0 Å². The van der Waals surface area contributed by atoms with E-state index in [4.69, 9.17) is 4.74 Å². The van der Waals surface area contributed by atoms with Gasteiger partial charge >= 0.3 is 0 Å². The van der Waals surface area contributed by atoms with Gasteiger partial charge in [0.1, 0.15) is 0 Å². The molecule has 1 aromatic heterocycles. The largest absolute Gasteiger partial charge is 0.377 e. The van der Waals surface area contributed by atoms with Gasteiger partial charge in [0.05, 0.1) is 31.0 Å². The Morgan fingerprint density at radius 1 is 1.77 bits per heavy atom. The maximum Gasteiger partial charge on any atom is 0.255 e. The lowest BCUT2D eigenvalue weighted by Gasteiger charge is -2.26. The van der Waals surface area contributed by atoms with E-state index in [9.17, 15) is 4.79 Å². The molecule has 0 unspecified atom stereocenters. The van der Waals surface area contributed by atoms with Crippen molar-refractivity contribution in [1.29, 1.82) is 0 Å². The molecule has 0 radical (unpaired) electrons. The highest BCUT2D eigenvalue weighted by molar-refractivity contribution is 5.95. The molecule has 1 aliphatic rings. The van der Waals surface area contributed by atoms with Crippen LogP contribution < -0.4 is 5.32 Å². The lowest BCUT2D eigenvalue weighted by Crippen LogP contribution is -2.48. The minimum atomic E-state index is -0.0837. The second-order valence-electron chi connectivity index (χ2n) is 3.12. The molecule has 1 fully saturated rings. The fraction of sp³-hybridized carbons (Fsp3) is 0.500. The highest BCUT2D eigenvalue weighted by Gasteiger charge is 2.22. The summed E-state index contributed by atoms with van der Waals surface area (Å²) >= 11 is 0. The topological polar surface area (TPSA) is 67.0 Å². The van der Waals surface area contributed by atoms with Crippen LogP contribution in [0.1, 0.15) is 16.1 Å². The second kappa shape index (κ2) is 3.18. The Labute approximate surface area is 75.5 Å². The highest BCUT2D eigenvalue weighted by atomic mass is 16.5. The van der Waals surface area contributed by atoms with Crippen molar-refractivity contribution in [2.24, 2.45) is 0 Å². The summed E-state index contributed by atoms with van der Waals surface area (Å²) in [6.45, 7) is 3.05. The number of carbonyl (C=O) groups is 1. The Bertz CT molecular complexity index is 317. The Kier molecular flexibility index (Phi) is 2.02. The molecule has 0 atom stereocenters. The van der Waals surface area contributed by atoms with Gasteiger partial charge in [-0.05, 0) is 6.92 Å². The van der Waals surface area contributed by atoms with Gasteiger partial charge in [0, 0.05) is 5.69 Å². The number of hydrogen-bond donors (Lipinski definition) is 2. The maximum absolute atomic E-state index is 11.5. The SMILES string of the molecule is Cc1[nH]ncc1C(=O)NC1COC1. The minimum Gasteiger partial charge on any atom is -0.377 e. The smallest absolute Gasteiger partial charge is 0.255 e. The molecule has 2 rings (SSSR count). The molecule has 0 aliphatic carbocycles. The Morgan fingerprint density at radius 3 is 3.00 bits per heavy atom. The van der Waals surface area contributed by atoms with Crippen molar-refractivity contribution in [2.75, 3.05) is 13.2 Å². The first-order chi connectivity index (χ1) is 6.27. The van der Waals surface area contributed by atoms with Crippen molar-refractivity contribution in [3.8, 4) is 0 Å². The first-order valence-corrected chi connectivity index (χ1v) is 4.16. The summed E-state index contributed by atoms with van der Waals surface area (Å²) < 4.78 is 4.95. The van der Waals surface area contributed by atoms with Gasteiger partial charge in [0.15, 0.2) is 0 Å². The second-order valence-corrected chi connectivity index (χ2v) is 3.12. The molecule has 2 heterocycles. The summed E-state index contributed by atoms with van der Waals surface area (Å²) in [4.78, 5) is 11.5. The number of nitrogens with zero attached hydrogens (tertiary/aromatic N) is 1. The Balaban J connectivity index is 2.00. The van der Waals surface area contributed by atoms with Crippen molar-refractivity contribution >= 4 is 5.91 Å². The van der Waals surface area contributed by atoms with Gasteiger partial charge in [-0.25, -0.2) is 0 Å². The summed E-state index contributed by atoms with van der Waals surface area (Å²) in [6, 6.07) is 0.168. The van der Waals surface area contributed by atoms with Gasteiger partial charge in [-0.2, -0.15) is 5.10 Å². The van der Waals surface area contributed by atoms with E-state index in [1.54, 1.807) is 0 Å². The van der Waals surface area contributed by atoms with Crippen LogP contribution in [0, 0.1) is 6.92 Å². The molecule has 70 valence electrons. The number of amides is 1. The zero-order valence-electron chi connectivity index (χ0n) is 7.33. The molecule has 5 heteroatoms. The summed E-state index contributed by atoms with van der Waals surface area (Å²) in [6.07, 6.45) is 1.53. The first-order valence-electron chi connectivity index (χ1n) is 4.16. The minimum absolute atomic E-state index is 0.0837. The molecule has 0 spiro atoms. The summed E-state index contributed by atoms with van der Waals surface area (Å²) in [5.74, 6) is -0.0837. The molecular weight excluding hydrogens is 170 g/mol. The van der Waals surface area contributed by atoms with E-state index >= 15 is 0 Å². The van der Waals surface area contributed by atoms with Crippen LogP contribution in [0.3, 0.4) is 0 Å². The number of aromatic nitrogens is 2. The van der Waals surface area contributed by atoms with Gasteiger partial charge in [0.2, 0.25) is 0 Å². The summed E-state index contributed by atoms with van der Waals surface area (Å²) in [5.41, 5.74) is 1.39. The third-order valence-corrected chi connectivity index (χ3v) is 2.05. The monoisotopic (exact) mass is 181 g/mol. The van der Waals surface area contributed by atoms with Crippen LogP contribution in [-0.2, 0) is 4.74 Å². The zero-order valence-corrected chi connectivity index (χ0v) is 7.33. The van der Waals surface area contributed by atoms with Crippen LogP contribution in [0.5, 0.6) is 0 Å². The first kappa shape index (κ1) is 8.25. The molecule has 0 bridgehead atoms. The average Bonchev–Trinajstić information content (AvgIpc) is 2.43. The fourth-order valence-corrected chi connectivity index (χ4v) is 1.16. The van der Waals surface area contributed by atoms with Gasteiger partial charge in [0.25, 0.3) is 5.91 Å². The van der Waals surface area contributed by atoms with Crippen LogP contribution >= 0.6 is 0 Å². The molecule has 0 saturated carbocycles. The molecule has 13 heavy (non-hydrogen) atoms. The third kappa shape index (κ3) is 1.55. The molecule has 2 N–H and O–H groups in total. The molecule has 1 aliphatic heterocycles. The van der Waals surface area contributed by atoms with Crippen LogP contribution in [0.15, 0.2) is 6.20 Å². The lowest BCUT2D eigenvalue weighted by molar-refractivity contribution is -0.00347. The number of ether oxygens (including phenoxy) is 1. The van der Waals surface area contributed by atoms with Crippen LogP contribution in [0.2, 0.25) is 0 Å². The fourth-order valence-electron chi connectivity index (χ4n) is 1.16. The number of carbonyl (C=O) groups excluding carboxylic acids is 1. The quantitative estimate of drug-likeness (QED) is 0.666. The standard InChI is InChI=1S/C8H11N3O2/c1-5-7(2-9-11-5)8(12)10-6-3-13-4-6/h2,6H,3-4H2,1H3,(H,9,11)(H,10,12). The number of nitrogens with one attached hydrogen (secondary N) is 2. The van der Waals surface area contributed by atoms with Gasteiger partial charge in [-0.3, -0.25) is 9.89 Å². The third-order valence-electron chi connectivity index (χ3n) is 2.05. The molecule has 1 aromatic rings. The molecule has 1 amide bonds. The van der Waals surface area contributed by atoms with Gasteiger partial charge in [-0.15, -0.1) is 0 Å². The summed E-state index contributed by atoms with van der Waals surface area (Å²) in [5, 5.41) is 9.33. The number of H-pyrrole nitrogens is 1. The van der Waals surface area contributed by atoms with E-state index in [1.165, 1.54) is 6.20 Å². The predicted molar refractivity (Wildman–Crippen MR) is 45.4 cm³/mol. The van der Waals surface area contributed by atoms with Crippen molar-refractivity contribution in [3.63, 3.8) is 0 Å². The predicted octanol–water partition coefficient (Wildman–Crippen LogP) is -0.153. The van der Waals surface area contributed by atoms with E-state index < -0.39 is 0 Å². The van der Waals surface area contributed by atoms with E-state index in [0.29, 0.717) is 18.8 Å². The number of hydrogen-bond acceptors (Lipinski definition) is 3. The Hall–Kier alpha value is -1.36. The molecular formula is C8H11N3O2. The highest BCUT2D eigenvalue weighted by Crippen LogP contribution is 2.05.